The van der Waals surface area contributed by atoms with Crippen LogP contribution in [-0.4, -0.2) is 31.3 Å². The van der Waals surface area contributed by atoms with Gasteiger partial charge in [0.1, 0.15) is 5.75 Å². The maximum Gasteiger partial charge on any atom is 0.426 e. The van der Waals surface area contributed by atoms with Crippen LogP contribution in [0.5, 0.6) is 5.75 Å². The summed E-state index contributed by atoms with van der Waals surface area (Å²) in [6, 6.07) is 14.3. The molecule has 0 aliphatic rings. The summed E-state index contributed by atoms with van der Waals surface area (Å²) in [5.74, 6) is -1.44. The summed E-state index contributed by atoms with van der Waals surface area (Å²) < 4.78 is 81.0. The normalized spacial score (nSPS) is 11.8. The first-order valence-electron chi connectivity index (χ1n) is 12.3. The Labute approximate surface area is 232 Å². The average Bonchev–Trinajstić information content (AvgIpc) is 2.90. The molecule has 0 atom stereocenters. The molecule has 3 aromatic carbocycles. The Morgan fingerprint density at radius 2 is 1.41 bits per heavy atom. The van der Waals surface area contributed by atoms with Crippen LogP contribution in [0.2, 0.25) is 0 Å². The molecule has 0 fully saturated rings. The summed E-state index contributed by atoms with van der Waals surface area (Å²) in [7, 11) is 0. The van der Waals surface area contributed by atoms with Gasteiger partial charge in [-0.05, 0) is 66.1 Å². The van der Waals surface area contributed by atoms with Crippen molar-refractivity contribution >= 4 is 29.4 Å². The molecular weight excluding hydrogens is 551 g/mol. The van der Waals surface area contributed by atoms with E-state index in [1.54, 1.807) is 0 Å². The van der Waals surface area contributed by atoms with Gasteiger partial charge in [0.2, 0.25) is 0 Å². The monoisotopic (exact) mass is 578 g/mol. The van der Waals surface area contributed by atoms with Crippen LogP contribution in [0.25, 0.3) is 6.08 Å². The second-order valence-corrected chi connectivity index (χ2v) is 8.88. The van der Waals surface area contributed by atoms with Crippen molar-refractivity contribution in [2.45, 2.75) is 31.5 Å². The molecule has 3 rings (SSSR count). The van der Waals surface area contributed by atoms with Gasteiger partial charge >= 0.3 is 24.2 Å². The minimum absolute atomic E-state index is 0.00116. The molecule has 0 bridgehead atoms. The number of anilines is 2. The Hall–Kier alpha value is -4.61. The number of nitrogen functional groups attached to an aromatic ring is 2. The second kappa shape index (κ2) is 13.6. The van der Waals surface area contributed by atoms with Gasteiger partial charge in [0.25, 0.3) is 0 Å². The number of nitrogens with two attached hydrogens (primary N) is 2. The fourth-order valence-corrected chi connectivity index (χ4v) is 3.49. The Morgan fingerprint density at radius 1 is 0.805 bits per heavy atom. The van der Waals surface area contributed by atoms with E-state index in [1.165, 1.54) is 60.7 Å². The second-order valence-electron chi connectivity index (χ2n) is 8.88. The largest absolute Gasteiger partial charge is 0.462 e. The van der Waals surface area contributed by atoms with Crippen LogP contribution in [0.1, 0.15) is 39.9 Å². The Balaban J connectivity index is 1.41. The smallest absolute Gasteiger partial charge is 0.426 e. The van der Waals surface area contributed by atoms with E-state index < -0.39 is 36.2 Å². The van der Waals surface area contributed by atoms with E-state index in [2.05, 4.69) is 0 Å². The molecule has 0 saturated heterocycles. The molecular formula is C29H27F5N2O5. The van der Waals surface area contributed by atoms with Gasteiger partial charge in [-0.25, -0.2) is 9.59 Å². The number of carbonyl (C=O) groups excluding carboxylic acids is 2. The van der Waals surface area contributed by atoms with Gasteiger partial charge in [-0.15, -0.1) is 0 Å². The van der Waals surface area contributed by atoms with Crippen molar-refractivity contribution in [1.82, 2.24) is 0 Å². The van der Waals surface area contributed by atoms with E-state index in [4.69, 9.17) is 25.7 Å². The lowest BCUT2D eigenvalue weighted by Crippen LogP contribution is -2.21. The zero-order valence-corrected chi connectivity index (χ0v) is 21.6. The summed E-state index contributed by atoms with van der Waals surface area (Å²) in [5, 5.41) is 0. The van der Waals surface area contributed by atoms with E-state index in [9.17, 15) is 31.5 Å². The van der Waals surface area contributed by atoms with Gasteiger partial charge in [0.05, 0.1) is 24.3 Å². The molecule has 12 heteroatoms. The number of aryl methyl sites for hydroxylation is 1. The summed E-state index contributed by atoms with van der Waals surface area (Å²) in [4.78, 5) is 23.9. The highest BCUT2D eigenvalue weighted by atomic mass is 19.4. The van der Waals surface area contributed by atoms with Crippen LogP contribution < -0.4 is 16.2 Å². The number of carbonyl (C=O) groups is 2. The molecule has 0 aromatic heterocycles. The summed E-state index contributed by atoms with van der Waals surface area (Å²) in [6.45, 7) is -0.0144. The number of esters is 2. The molecule has 0 aliphatic carbocycles. The minimum Gasteiger partial charge on any atom is -0.462 e. The van der Waals surface area contributed by atoms with Crippen molar-refractivity contribution in [3.05, 3.63) is 95.1 Å². The molecule has 4 N–H and O–H groups in total. The number of rotatable bonds is 12. The zero-order chi connectivity index (χ0) is 30.0. The van der Waals surface area contributed by atoms with Crippen molar-refractivity contribution in [3.63, 3.8) is 0 Å². The van der Waals surface area contributed by atoms with Crippen molar-refractivity contribution < 1.29 is 45.8 Å². The molecule has 3 aromatic rings. The number of hydrogen-bond acceptors (Lipinski definition) is 7. The van der Waals surface area contributed by atoms with E-state index in [1.807, 2.05) is 0 Å². The molecule has 218 valence electrons. The quantitative estimate of drug-likeness (QED) is 0.0855. The van der Waals surface area contributed by atoms with Crippen molar-refractivity contribution in [2.24, 2.45) is 0 Å². The van der Waals surface area contributed by atoms with Crippen LogP contribution in [0.3, 0.4) is 0 Å². The highest BCUT2D eigenvalue weighted by molar-refractivity contribution is 5.91. The standard InChI is InChI=1S/C29H27F5N2O5/c30-28(31,32)13-12-20-2-7-22(8-3-20)29(33,34)41-25-9-4-19(5-10-25)6-11-26(37)39-14-1-15-40-27(38)21-16-23(35)18-24(36)17-21/h2-11,16-18H,1,12-15,35-36H2. The number of halogens is 5. The van der Waals surface area contributed by atoms with Gasteiger partial charge in [0.15, 0.2) is 0 Å². The fourth-order valence-electron chi connectivity index (χ4n) is 3.49. The molecule has 0 saturated carbocycles. The van der Waals surface area contributed by atoms with Crippen molar-refractivity contribution in [2.75, 3.05) is 24.7 Å². The molecule has 0 radical (unpaired) electrons. The molecule has 7 nitrogen and oxygen atoms in total. The predicted molar refractivity (Wildman–Crippen MR) is 142 cm³/mol. The summed E-state index contributed by atoms with van der Waals surface area (Å²) in [6.07, 6.45) is -6.60. The number of ether oxygens (including phenoxy) is 3. The summed E-state index contributed by atoms with van der Waals surface area (Å²) >= 11 is 0. The van der Waals surface area contributed by atoms with E-state index in [0.717, 1.165) is 18.2 Å². The molecule has 0 unspecified atom stereocenters. The number of alkyl halides is 5. The van der Waals surface area contributed by atoms with E-state index in [0.29, 0.717) is 16.9 Å². The number of benzene rings is 3. The average molecular weight is 579 g/mol. The third-order valence-corrected chi connectivity index (χ3v) is 5.50. The molecule has 41 heavy (non-hydrogen) atoms. The van der Waals surface area contributed by atoms with Gasteiger partial charge in [-0.1, -0.05) is 24.3 Å². The van der Waals surface area contributed by atoms with E-state index in [-0.39, 0.29) is 42.9 Å². The third-order valence-electron chi connectivity index (χ3n) is 5.50. The Bertz CT molecular complexity index is 1340. The maximum atomic E-state index is 14.5. The predicted octanol–water partition coefficient (Wildman–Crippen LogP) is 6.28. The number of hydrogen-bond donors (Lipinski definition) is 2. The van der Waals surface area contributed by atoms with Crippen LogP contribution >= 0.6 is 0 Å². The molecule has 0 spiro atoms. The van der Waals surface area contributed by atoms with Crippen LogP contribution in [0, 0.1) is 0 Å². The molecule has 0 aliphatic heterocycles. The van der Waals surface area contributed by atoms with Crippen LogP contribution in [0.15, 0.2) is 72.8 Å². The Morgan fingerprint density at radius 3 is 2.02 bits per heavy atom. The van der Waals surface area contributed by atoms with E-state index >= 15 is 0 Å². The first kappa shape index (κ1) is 30.9. The maximum absolute atomic E-state index is 14.5. The van der Waals surface area contributed by atoms with Gasteiger partial charge in [-0.2, -0.15) is 22.0 Å². The van der Waals surface area contributed by atoms with Crippen LogP contribution in [-0.2, 0) is 26.8 Å². The summed E-state index contributed by atoms with van der Waals surface area (Å²) in [5.41, 5.74) is 12.4. The lowest BCUT2D eigenvalue weighted by Gasteiger charge is -2.18. The van der Waals surface area contributed by atoms with Crippen molar-refractivity contribution in [3.8, 4) is 5.75 Å². The first-order chi connectivity index (χ1) is 19.3. The zero-order valence-electron chi connectivity index (χ0n) is 21.6. The highest BCUT2D eigenvalue weighted by Gasteiger charge is 2.34. The SMILES string of the molecule is Nc1cc(N)cc(C(=O)OCCCOC(=O)C=Cc2ccc(OC(F)(F)c3ccc(CCC(F)(F)F)cc3)cc2)c1. The topological polar surface area (TPSA) is 114 Å². The minimum atomic E-state index is -4.33. The van der Waals surface area contributed by atoms with Gasteiger partial charge < -0.3 is 25.7 Å². The lowest BCUT2D eigenvalue weighted by atomic mass is 10.1. The molecule has 0 heterocycles. The Kier molecular flexibility index (Phi) is 10.3. The van der Waals surface area contributed by atoms with Crippen LogP contribution in [0.4, 0.5) is 33.3 Å². The fraction of sp³-hybridized carbons (Fsp3) is 0.241. The van der Waals surface area contributed by atoms with Gasteiger partial charge in [-0.3, -0.25) is 0 Å². The van der Waals surface area contributed by atoms with Crippen molar-refractivity contribution in [1.29, 1.82) is 0 Å². The third kappa shape index (κ3) is 10.5. The van der Waals surface area contributed by atoms with Gasteiger partial charge in [0, 0.05) is 30.3 Å². The molecule has 0 amide bonds. The lowest BCUT2D eigenvalue weighted by molar-refractivity contribution is -0.185. The first-order valence-corrected chi connectivity index (χ1v) is 12.3. The highest BCUT2D eigenvalue weighted by Crippen LogP contribution is 2.32.